The fourth-order valence-electron chi connectivity index (χ4n) is 3.44. The number of nitrogens with zero attached hydrogens (tertiary/aromatic N) is 4. The molecule has 0 bridgehead atoms. The lowest BCUT2D eigenvalue weighted by atomic mass is 10.1. The molecule has 4 rings (SSSR count). The summed E-state index contributed by atoms with van der Waals surface area (Å²) in [5.74, 6) is 0.158. The number of sulfonamides is 1. The number of pyridine rings is 3. The molecule has 0 radical (unpaired) electrons. The van der Waals surface area contributed by atoms with Crippen LogP contribution in [0.1, 0.15) is 26.3 Å². The van der Waals surface area contributed by atoms with Crippen LogP contribution < -0.4 is 4.72 Å². The van der Waals surface area contributed by atoms with Crippen LogP contribution in [0.5, 0.6) is 0 Å². The molecule has 0 aliphatic heterocycles. The summed E-state index contributed by atoms with van der Waals surface area (Å²) in [5.41, 5.74) is 1.88. The van der Waals surface area contributed by atoms with Gasteiger partial charge in [0.15, 0.2) is 0 Å². The summed E-state index contributed by atoms with van der Waals surface area (Å²) in [5, 5.41) is 0.633. The average molecular weight is 440 g/mol. The van der Waals surface area contributed by atoms with Gasteiger partial charge in [-0.05, 0) is 63.6 Å². The van der Waals surface area contributed by atoms with Crippen molar-refractivity contribution in [3.8, 4) is 17.2 Å². The summed E-state index contributed by atoms with van der Waals surface area (Å²) in [4.78, 5) is 13.2. The molecule has 0 saturated heterocycles. The Morgan fingerprint density at radius 1 is 1.03 bits per heavy atom. The molecule has 0 aliphatic carbocycles. The summed E-state index contributed by atoms with van der Waals surface area (Å²) in [6.07, 6.45) is 4.13. The molecule has 0 unspecified atom stereocenters. The molecule has 0 aromatic carbocycles. The van der Waals surface area contributed by atoms with Gasteiger partial charge in [-0.15, -0.1) is 0 Å². The van der Waals surface area contributed by atoms with E-state index in [2.05, 4.69) is 19.7 Å². The van der Waals surface area contributed by atoms with E-state index in [0.29, 0.717) is 28.2 Å². The van der Waals surface area contributed by atoms with E-state index in [4.69, 9.17) is 0 Å². The van der Waals surface area contributed by atoms with E-state index in [1.54, 1.807) is 43.7 Å². The van der Waals surface area contributed by atoms with Crippen molar-refractivity contribution in [3.05, 3.63) is 66.4 Å². The minimum atomic E-state index is -3.71. The maximum absolute atomic E-state index is 13.9. The highest BCUT2D eigenvalue weighted by Gasteiger charge is 2.24. The van der Waals surface area contributed by atoms with Crippen LogP contribution in [0.4, 0.5) is 4.39 Å². The topological polar surface area (TPSA) is 89.8 Å². The van der Waals surface area contributed by atoms with Crippen molar-refractivity contribution in [2.24, 2.45) is 0 Å². The number of halogens is 1. The van der Waals surface area contributed by atoms with Crippen LogP contribution in [0, 0.1) is 12.7 Å². The zero-order chi connectivity index (χ0) is 22.4. The van der Waals surface area contributed by atoms with Crippen molar-refractivity contribution in [1.29, 1.82) is 0 Å². The molecule has 7 nitrogen and oxygen atoms in total. The van der Waals surface area contributed by atoms with E-state index < -0.39 is 21.4 Å². The molecule has 0 fully saturated rings. The molecule has 160 valence electrons. The minimum Gasteiger partial charge on any atom is -0.276 e. The standard InChI is InChI=1S/C22H22FN5O2S/c1-14-17-11-15(23)12-26-21(17)28(19-7-5-6-10-24-19)20(14)18-9-8-16(13-25-18)31(29,30)27-22(2,3)4/h5-13,27H,1-4H3. The molecular formula is C22H22FN5O2S. The second kappa shape index (κ2) is 7.51. The van der Waals surface area contributed by atoms with Gasteiger partial charge in [-0.3, -0.25) is 9.55 Å². The summed E-state index contributed by atoms with van der Waals surface area (Å²) >= 11 is 0. The van der Waals surface area contributed by atoms with Crippen molar-refractivity contribution in [2.45, 2.75) is 38.1 Å². The lowest BCUT2D eigenvalue weighted by Crippen LogP contribution is -2.40. The smallest absolute Gasteiger partial charge is 0.242 e. The SMILES string of the molecule is Cc1c(-c2ccc(S(=O)(=O)NC(C)(C)C)cn2)n(-c2ccccn2)c2ncc(F)cc12. The molecule has 1 N–H and O–H groups in total. The average Bonchev–Trinajstić information content (AvgIpc) is 2.99. The summed E-state index contributed by atoms with van der Waals surface area (Å²) in [6, 6.07) is 10.0. The Balaban J connectivity index is 1.90. The van der Waals surface area contributed by atoms with Crippen LogP contribution >= 0.6 is 0 Å². The highest BCUT2D eigenvalue weighted by atomic mass is 32.2. The van der Waals surface area contributed by atoms with Gasteiger partial charge in [0.2, 0.25) is 10.0 Å². The van der Waals surface area contributed by atoms with Crippen molar-refractivity contribution in [2.75, 3.05) is 0 Å². The first kappa shape index (κ1) is 21.1. The van der Waals surface area contributed by atoms with E-state index >= 15 is 0 Å². The Morgan fingerprint density at radius 3 is 2.42 bits per heavy atom. The van der Waals surface area contributed by atoms with E-state index in [9.17, 15) is 12.8 Å². The van der Waals surface area contributed by atoms with E-state index in [0.717, 1.165) is 11.8 Å². The van der Waals surface area contributed by atoms with Crippen molar-refractivity contribution in [1.82, 2.24) is 24.2 Å². The Labute approximate surface area is 180 Å². The first-order valence-electron chi connectivity index (χ1n) is 9.65. The molecule has 31 heavy (non-hydrogen) atoms. The van der Waals surface area contributed by atoms with Crippen molar-refractivity contribution in [3.63, 3.8) is 0 Å². The van der Waals surface area contributed by atoms with Gasteiger partial charge in [-0.1, -0.05) is 6.07 Å². The second-order valence-corrected chi connectivity index (χ2v) is 9.94. The molecule has 4 heterocycles. The highest BCUT2D eigenvalue weighted by Crippen LogP contribution is 2.34. The predicted octanol–water partition coefficient (Wildman–Crippen LogP) is 4.01. The van der Waals surface area contributed by atoms with Gasteiger partial charge >= 0.3 is 0 Å². The summed E-state index contributed by atoms with van der Waals surface area (Å²) in [6.45, 7) is 7.17. The largest absolute Gasteiger partial charge is 0.276 e. The number of aromatic nitrogens is 4. The van der Waals surface area contributed by atoms with Gasteiger partial charge in [0.1, 0.15) is 22.2 Å². The molecule has 4 aromatic heterocycles. The Bertz CT molecular complexity index is 1360. The summed E-state index contributed by atoms with van der Waals surface area (Å²) < 4.78 is 43.5. The second-order valence-electron chi connectivity index (χ2n) is 8.26. The summed E-state index contributed by atoms with van der Waals surface area (Å²) in [7, 11) is -3.71. The van der Waals surface area contributed by atoms with Crippen LogP contribution in [-0.2, 0) is 10.0 Å². The zero-order valence-electron chi connectivity index (χ0n) is 17.6. The fraction of sp³-hybridized carbons (Fsp3) is 0.227. The van der Waals surface area contributed by atoms with Gasteiger partial charge < -0.3 is 0 Å². The number of aryl methyl sites for hydroxylation is 1. The van der Waals surface area contributed by atoms with Gasteiger partial charge in [0.05, 0.1) is 17.6 Å². The first-order chi connectivity index (χ1) is 14.6. The van der Waals surface area contributed by atoms with E-state index in [1.165, 1.54) is 18.3 Å². The maximum Gasteiger partial charge on any atom is 0.242 e. The Morgan fingerprint density at radius 2 is 1.81 bits per heavy atom. The van der Waals surface area contributed by atoms with E-state index in [-0.39, 0.29) is 4.90 Å². The van der Waals surface area contributed by atoms with Crippen LogP contribution in [0.15, 0.2) is 59.9 Å². The monoisotopic (exact) mass is 439 g/mol. The molecule has 0 spiro atoms. The molecule has 9 heteroatoms. The minimum absolute atomic E-state index is 0.0634. The molecule has 0 aliphatic rings. The van der Waals surface area contributed by atoms with Crippen LogP contribution in [0.25, 0.3) is 28.2 Å². The van der Waals surface area contributed by atoms with E-state index in [1.807, 2.05) is 19.1 Å². The normalized spacial score (nSPS) is 12.4. The quantitative estimate of drug-likeness (QED) is 0.519. The Kier molecular flexibility index (Phi) is 5.10. The molecular weight excluding hydrogens is 417 g/mol. The molecule has 0 amide bonds. The molecule has 0 atom stereocenters. The number of hydrogen-bond acceptors (Lipinski definition) is 5. The fourth-order valence-corrected chi connectivity index (χ4v) is 4.81. The van der Waals surface area contributed by atoms with Crippen molar-refractivity contribution < 1.29 is 12.8 Å². The third-order valence-electron chi connectivity index (χ3n) is 4.64. The lowest BCUT2D eigenvalue weighted by Gasteiger charge is -2.20. The zero-order valence-corrected chi connectivity index (χ0v) is 18.4. The van der Waals surface area contributed by atoms with Gasteiger partial charge in [-0.25, -0.2) is 27.5 Å². The third-order valence-corrected chi connectivity index (χ3v) is 6.38. The van der Waals surface area contributed by atoms with Gasteiger partial charge in [-0.2, -0.15) is 0 Å². The first-order valence-corrected chi connectivity index (χ1v) is 11.1. The van der Waals surface area contributed by atoms with Gasteiger partial charge in [0.25, 0.3) is 0 Å². The third kappa shape index (κ3) is 4.06. The number of nitrogens with one attached hydrogen (secondary N) is 1. The maximum atomic E-state index is 13.9. The predicted molar refractivity (Wildman–Crippen MR) is 117 cm³/mol. The van der Waals surface area contributed by atoms with Gasteiger partial charge in [0, 0.05) is 23.3 Å². The number of hydrogen-bond donors (Lipinski definition) is 1. The van der Waals surface area contributed by atoms with Crippen molar-refractivity contribution >= 4 is 21.1 Å². The highest BCUT2D eigenvalue weighted by molar-refractivity contribution is 7.89. The number of rotatable bonds is 4. The molecule has 0 saturated carbocycles. The van der Waals surface area contributed by atoms with Crippen LogP contribution in [0.2, 0.25) is 0 Å². The van der Waals surface area contributed by atoms with Crippen LogP contribution in [0.3, 0.4) is 0 Å². The van der Waals surface area contributed by atoms with Crippen LogP contribution in [-0.4, -0.2) is 33.5 Å². The number of fused-ring (bicyclic) bond motifs is 1. The lowest BCUT2D eigenvalue weighted by molar-refractivity contribution is 0.491. The Hall–Kier alpha value is -3.17. The molecule has 4 aromatic rings.